The second kappa shape index (κ2) is 9.00. The Morgan fingerprint density at radius 3 is 1.76 bits per heavy atom. The zero-order valence-corrected chi connectivity index (χ0v) is 20.6. The number of fused-ring (bicyclic) bond motifs is 3. The number of hydrogen-bond acceptors (Lipinski definition) is 2. The summed E-state index contributed by atoms with van der Waals surface area (Å²) >= 11 is 0. The molecule has 0 saturated carbocycles. The first kappa shape index (κ1) is 22.0. The van der Waals surface area contributed by atoms with Crippen LogP contribution in [0, 0.1) is 11.3 Å². The number of benzene rings is 6. The summed E-state index contributed by atoms with van der Waals surface area (Å²) in [5, 5.41) is 15.2. The van der Waals surface area contributed by atoms with Crippen LogP contribution in [0.15, 0.2) is 133 Å². The minimum Gasteiger partial charge on any atom is -0.248 e. The Hall–Kier alpha value is -5.26. The molecule has 0 spiro atoms. The fraction of sp³-hybridized carbons (Fsp3) is 0. The van der Waals surface area contributed by atoms with Gasteiger partial charge < -0.3 is 0 Å². The van der Waals surface area contributed by atoms with E-state index in [9.17, 15) is 5.26 Å². The summed E-state index contributed by atoms with van der Waals surface area (Å²) in [4.78, 5) is 4.91. The summed E-state index contributed by atoms with van der Waals surface area (Å²) in [6.07, 6.45) is 0. The van der Waals surface area contributed by atoms with E-state index in [0.29, 0.717) is 5.56 Å². The minimum absolute atomic E-state index is 0.664. The molecule has 6 aromatic carbocycles. The molecule has 0 unspecified atom stereocenters. The van der Waals surface area contributed by atoms with E-state index in [1.807, 2.05) is 36.4 Å². The fourth-order valence-electron chi connectivity index (χ4n) is 5.24. The van der Waals surface area contributed by atoms with Crippen LogP contribution >= 0.6 is 0 Å². The molecule has 0 aliphatic heterocycles. The molecule has 0 atom stereocenters. The van der Waals surface area contributed by atoms with E-state index in [-0.39, 0.29) is 0 Å². The number of nitrogens with zero attached hydrogens (tertiary/aromatic N) is 2. The number of para-hydroxylation sites is 1. The first-order chi connectivity index (χ1) is 18.7. The quantitative estimate of drug-likeness (QED) is 0.251. The Balaban J connectivity index is 1.39. The minimum atomic E-state index is 0.664. The van der Waals surface area contributed by atoms with Crippen LogP contribution in [0.1, 0.15) is 5.56 Å². The third-order valence-corrected chi connectivity index (χ3v) is 7.26. The van der Waals surface area contributed by atoms with Gasteiger partial charge in [0.2, 0.25) is 0 Å². The van der Waals surface area contributed by atoms with Crippen molar-refractivity contribution in [3.05, 3.63) is 139 Å². The van der Waals surface area contributed by atoms with Crippen molar-refractivity contribution in [2.75, 3.05) is 0 Å². The third-order valence-electron chi connectivity index (χ3n) is 7.26. The number of rotatable bonds is 3. The maximum Gasteiger partial charge on any atom is 0.0991 e. The molecule has 1 heterocycles. The van der Waals surface area contributed by atoms with Crippen molar-refractivity contribution in [3.8, 4) is 39.6 Å². The lowest BCUT2D eigenvalue weighted by atomic mass is 9.90. The first-order valence-electron chi connectivity index (χ1n) is 12.7. The standard InChI is InChI=1S/C36H22N2/c37-23-24-9-11-26(12-10-24)33-21-28-6-1-2-7-29(28)22-34(33)30-15-13-25-14-16-31(20-32(25)19-30)36-18-17-27-5-3-4-8-35(27)38-36/h1-22H. The van der Waals surface area contributed by atoms with Crippen molar-refractivity contribution in [2.24, 2.45) is 0 Å². The molecular formula is C36H22N2. The molecule has 1 aromatic heterocycles. The Morgan fingerprint density at radius 2 is 1.03 bits per heavy atom. The van der Waals surface area contributed by atoms with Gasteiger partial charge >= 0.3 is 0 Å². The normalized spacial score (nSPS) is 11.1. The van der Waals surface area contributed by atoms with Gasteiger partial charge in [-0.15, -0.1) is 0 Å². The van der Waals surface area contributed by atoms with E-state index in [0.717, 1.165) is 38.9 Å². The Labute approximate surface area is 221 Å². The van der Waals surface area contributed by atoms with Gasteiger partial charge in [-0.05, 0) is 92.3 Å². The molecule has 0 aliphatic rings. The topological polar surface area (TPSA) is 36.7 Å². The van der Waals surface area contributed by atoms with Gasteiger partial charge in [0.25, 0.3) is 0 Å². The maximum atomic E-state index is 9.28. The lowest BCUT2D eigenvalue weighted by Crippen LogP contribution is -1.89. The number of hydrogen-bond donors (Lipinski definition) is 0. The van der Waals surface area contributed by atoms with E-state index in [2.05, 4.69) is 103 Å². The zero-order chi connectivity index (χ0) is 25.5. The lowest BCUT2D eigenvalue weighted by molar-refractivity contribution is 1.40. The van der Waals surface area contributed by atoms with E-state index in [1.165, 1.54) is 27.1 Å². The summed E-state index contributed by atoms with van der Waals surface area (Å²) in [5.74, 6) is 0. The number of pyridine rings is 1. The predicted molar refractivity (Wildman–Crippen MR) is 158 cm³/mol. The molecule has 0 bridgehead atoms. The molecule has 0 radical (unpaired) electrons. The van der Waals surface area contributed by atoms with E-state index >= 15 is 0 Å². The largest absolute Gasteiger partial charge is 0.248 e. The van der Waals surface area contributed by atoms with Gasteiger partial charge in [0.05, 0.1) is 22.8 Å². The highest BCUT2D eigenvalue weighted by Crippen LogP contribution is 2.37. The van der Waals surface area contributed by atoms with Crippen LogP contribution in [0.4, 0.5) is 0 Å². The first-order valence-corrected chi connectivity index (χ1v) is 12.7. The van der Waals surface area contributed by atoms with Crippen LogP contribution in [0.25, 0.3) is 66.0 Å². The van der Waals surface area contributed by atoms with Gasteiger partial charge in [0.15, 0.2) is 0 Å². The lowest BCUT2D eigenvalue weighted by Gasteiger charge is -2.14. The third kappa shape index (κ3) is 3.88. The van der Waals surface area contributed by atoms with Gasteiger partial charge in [-0.3, -0.25) is 0 Å². The van der Waals surface area contributed by atoms with Crippen molar-refractivity contribution in [3.63, 3.8) is 0 Å². The van der Waals surface area contributed by atoms with Crippen LogP contribution in [0.3, 0.4) is 0 Å². The molecule has 0 N–H and O–H groups in total. The van der Waals surface area contributed by atoms with Crippen molar-refractivity contribution < 1.29 is 0 Å². The van der Waals surface area contributed by atoms with Gasteiger partial charge in [0, 0.05) is 10.9 Å². The zero-order valence-electron chi connectivity index (χ0n) is 20.6. The second-order valence-electron chi connectivity index (χ2n) is 9.60. The van der Waals surface area contributed by atoms with Crippen molar-refractivity contribution in [2.45, 2.75) is 0 Å². The van der Waals surface area contributed by atoms with Crippen molar-refractivity contribution in [1.29, 1.82) is 5.26 Å². The van der Waals surface area contributed by atoms with Gasteiger partial charge in [0.1, 0.15) is 0 Å². The maximum absolute atomic E-state index is 9.28. The molecule has 7 aromatic rings. The molecule has 0 aliphatic carbocycles. The summed E-state index contributed by atoms with van der Waals surface area (Å²) in [7, 11) is 0. The van der Waals surface area contributed by atoms with Gasteiger partial charge in [-0.1, -0.05) is 84.9 Å². The Morgan fingerprint density at radius 1 is 0.447 bits per heavy atom. The monoisotopic (exact) mass is 482 g/mol. The molecule has 2 nitrogen and oxygen atoms in total. The van der Waals surface area contributed by atoms with Crippen LogP contribution in [0.2, 0.25) is 0 Å². The van der Waals surface area contributed by atoms with Gasteiger partial charge in [-0.25, -0.2) is 4.98 Å². The fourth-order valence-corrected chi connectivity index (χ4v) is 5.24. The van der Waals surface area contributed by atoms with E-state index < -0.39 is 0 Å². The Kier molecular flexibility index (Phi) is 5.20. The average Bonchev–Trinajstić information content (AvgIpc) is 2.99. The molecule has 2 heteroatoms. The summed E-state index contributed by atoms with van der Waals surface area (Å²) < 4.78 is 0. The average molecular weight is 483 g/mol. The summed E-state index contributed by atoms with van der Waals surface area (Å²) in [6.45, 7) is 0. The summed E-state index contributed by atoms with van der Waals surface area (Å²) in [5.41, 5.74) is 8.32. The SMILES string of the molecule is N#Cc1ccc(-c2cc3ccccc3cc2-c2ccc3ccc(-c4ccc5ccccc5n4)cc3c2)cc1. The van der Waals surface area contributed by atoms with Crippen LogP contribution in [-0.4, -0.2) is 4.98 Å². The Bertz CT molecular complexity index is 2030. The number of aromatic nitrogens is 1. The molecular weight excluding hydrogens is 460 g/mol. The highest BCUT2D eigenvalue weighted by Gasteiger charge is 2.12. The van der Waals surface area contributed by atoms with Crippen molar-refractivity contribution >= 4 is 32.4 Å². The van der Waals surface area contributed by atoms with Gasteiger partial charge in [-0.2, -0.15) is 5.26 Å². The molecule has 176 valence electrons. The molecule has 0 saturated heterocycles. The number of nitriles is 1. The highest BCUT2D eigenvalue weighted by molar-refractivity contribution is 5.99. The van der Waals surface area contributed by atoms with Crippen molar-refractivity contribution in [1.82, 2.24) is 4.98 Å². The molecule has 0 amide bonds. The molecule has 7 rings (SSSR count). The second-order valence-corrected chi connectivity index (χ2v) is 9.60. The van der Waals surface area contributed by atoms with Crippen LogP contribution < -0.4 is 0 Å². The smallest absolute Gasteiger partial charge is 0.0991 e. The highest BCUT2D eigenvalue weighted by atomic mass is 14.7. The molecule has 38 heavy (non-hydrogen) atoms. The predicted octanol–water partition coefficient (Wildman–Crippen LogP) is 9.41. The molecule has 0 fully saturated rings. The van der Waals surface area contributed by atoms with Crippen LogP contribution in [0.5, 0.6) is 0 Å². The van der Waals surface area contributed by atoms with E-state index in [1.54, 1.807) is 0 Å². The van der Waals surface area contributed by atoms with Crippen LogP contribution in [-0.2, 0) is 0 Å². The van der Waals surface area contributed by atoms with E-state index in [4.69, 9.17) is 4.98 Å². The summed E-state index contributed by atoms with van der Waals surface area (Å²) in [6, 6.07) is 48.7.